The number of H-pyrrole nitrogens is 1. The molecule has 2 aromatic heterocycles. The predicted molar refractivity (Wildman–Crippen MR) is 137 cm³/mol. The minimum Gasteiger partial charge on any atom is -0.340 e. The fourth-order valence-corrected chi connectivity index (χ4v) is 5.02. The molecule has 7 heteroatoms. The summed E-state index contributed by atoms with van der Waals surface area (Å²) in [6, 6.07) is 25.5. The van der Waals surface area contributed by atoms with Gasteiger partial charge in [0.1, 0.15) is 5.65 Å². The lowest BCUT2D eigenvalue weighted by molar-refractivity contribution is -0.116. The number of anilines is 1. The maximum absolute atomic E-state index is 13.4. The molecule has 172 valence electrons. The van der Waals surface area contributed by atoms with Gasteiger partial charge in [-0.15, -0.1) is 0 Å². The minimum atomic E-state index is -0.686. The van der Waals surface area contributed by atoms with E-state index < -0.39 is 17.2 Å². The van der Waals surface area contributed by atoms with Crippen LogP contribution in [0.3, 0.4) is 0 Å². The van der Waals surface area contributed by atoms with E-state index in [0.29, 0.717) is 22.3 Å². The number of amides is 1. The van der Waals surface area contributed by atoms with Gasteiger partial charge in [-0.3, -0.25) is 18.7 Å². The summed E-state index contributed by atoms with van der Waals surface area (Å²) < 4.78 is 2.50. The first-order valence-corrected chi connectivity index (χ1v) is 11.3. The number of hydrogen-bond acceptors (Lipinski definition) is 3. The molecule has 1 atom stereocenters. The van der Waals surface area contributed by atoms with Crippen molar-refractivity contribution in [3.05, 3.63) is 111 Å². The van der Waals surface area contributed by atoms with Crippen LogP contribution in [0.5, 0.6) is 0 Å². The Morgan fingerprint density at radius 2 is 1.34 bits per heavy atom. The summed E-state index contributed by atoms with van der Waals surface area (Å²) in [4.78, 5) is 42.6. The zero-order chi connectivity index (χ0) is 24.3. The summed E-state index contributed by atoms with van der Waals surface area (Å²) in [5, 5.41) is 3.28. The zero-order valence-electron chi connectivity index (χ0n) is 19.2. The summed E-state index contributed by atoms with van der Waals surface area (Å²) in [6.07, 6.45) is 0. The van der Waals surface area contributed by atoms with Crippen LogP contribution in [0.1, 0.15) is 17.0 Å². The smallest absolute Gasteiger partial charge is 0.332 e. The number of nitrogens with one attached hydrogen (secondary N) is 2. The van der Waals surface area contributed by atoms with Gasteiger partial charge in [-0.25, -0.2) is 4.79 Å². The lowest BCUT2D eigenvalue weighted by Gasteiger charge is -2.12. The molecular formula is C28H22N4O3. The number of aryl methyl sites for hydroxylation is 1. The van der Waals surface area contributed by atoms with Crippen molar-refractivity contribution in [1.29, 1.82) is 0 Å². The number of fused-ring (bicyclic) bond motifs is 2. The molecule has 2 N–H and O–H groups in total. The number of rotatable bonds is 3. The first kappa shape index (κ1) is 20.9. The maximum Gasteiger partial charge on any atom is 0.332 e. The molecule has 5 aromatic rings. The van der Waals surface area contributed by atoms with E-state index in [1.165, 1.54) is 11.6 Å². The van der Waals surface area contributed by atoms with Crippen molar-refractivity contribution in [2.75, 3.05) is 5.32 Å². The zero-order valence-corrected chi connectivity index (χ0v) is 19.2. The predicted octanol–water partition coefficient (Wildman–Crippen LogP) is 3.98. The Hall–Kier alpha value is -4.65. The molecular weight excluding hydrogens is 440 g/mol. The van der Waals surface area contributed by atoms with Crippen LogP contribution < -0.4 is 16.6 Å². The lowest BCUT2D eigenvalue weighted by atomic mass is 9.88. The Morgan fingerprint density at radius 1 is 0.714 bits per heavy atom. The van der Waals surface area contributed by atoms with Crippen molar-refractivity contribution in [3.63, 3.8) is 0 Å². The van der Waals surface area contributed by atoms with Gasteiger partial charge in [0.2, 0.25) is 5.91 Å². The van der Waals surface area contributed by atoms with Crippen LogP contribution in [0.4, 0.5) is 5.69 Å². The number of hydrogen-bond donors (Lipinski definition) is 2. The van der Waals surface area contributed by atoms with Crippen LogP contribution in [-0.2, 0) is 18.9 Å². The maximum atomic E-state index is 13.4. The van der Waals surface area contributed by atoms with E-state index in [4.69, 9.17) is 0 Å². The summed E-state index contributed by atoms with van der Waals surface area (Å²) in [5.41, 5.74) is 5.25. The molecule has 6 rings (SSSR count). The van der Waals surface area contributed by atoms with Crippen LogP contribution in [0.25, 0.3) is 33.4 Å². The number of benzene rings is 3. The molecule has 0 saturated carbocycles. The molecule has 3 heterocycles. The van der Waals surface area contributed by atoms with Gasteiger partial charge in [-0.2, -0.15) is 0 Å². The van der Waals surface area contributed by atoms with Gasteiger partial charge >= 0.3 is 5.69 Å². The topological polar surface area (TPSA) is 88.9 Å². The van der Waals surface area contributed by atoms with Crippen molar-refractivity contribution in [1.82, 2.24) is 14.1 Å². The van der Waals surface area contributed by atoms with Crippen LogP contribution in [-0.4, -0.2) is 20.0 Å². The monoisotopic (exact) mass is 462 g/mol. The molecule has 0 bridgehead atoms. The number of carbonyl (C=O) groups is 1. The first-order chi connectivity index (χ1) is 17.0. The second-order valence-corrected chi connectivity index (χ2v) is 8.80. The summed E-state index contributed by atoms with van der Waals surface area (Å²) in [6.45, 7) is 0. The number of carbonyl (C=O) groups excluding carboxylic acids is 1. The van der Waals surface area contributed by atoms with E-state index in [1.807, 2.05) is 78.9 Å². The lowest BCUT2D eigenvalue weighted by Crippen LogP contribution is -2.37. The second kappa shape index (κ2) is 7.70. The molecule has 1 aliphatic rings. The minimum absolute atomic E-state index is 0.204. The Bertz CT molecular complexity index is 1740. The molecule has 0 radical (unpaired) electrons. The average Bonchev–Trinajstić information content (AvgIpc) is 3.44. The largest absolute Gasteiger partial charge is 0.340 e. The molecule has 1 amide bonds. The fraction of sp³-hybridized carbons (Fsp3) is 0.107. The van der Waals surface area contributed by atoms with Crippen molar-refractivity contribution in [3.8, 4) is 22.4 Å². The van der Waals surface area contributed by atoms with E-state index in [-0.39, 0.29) is 5.91 Å². The first-order valence-electron chi connectivity index (χ1n) is 11.3. The average molecular weight is 463 g/mol. The number of nitrogens with zero attached hydrogens (tertiary/aromatic N) is 2. The number of aromatic nitrogens is 3. The highest BCUT2D eigenvalue weighted by Gasteiger charge is 2.37. The summed E-state index contributed by atoms with van der Waals surface area (Å²) in [5.74, 6) is -0.890. The van der Waals surface area contributed by atoms with Crippen molar-refractivity contribution >= 4 is 22.6 Å². The highest BCUT2D eigenvalue weighted by molar-refractivity contribution is 6.09. The quantitative estimate of drug-likeness (QED) is 0.425. The van der Waals surface area contributed by atoms with Gasteiger partial charge in [-0.05, 0) is 28.3 Å². The Morgan fingerprint density at radius 3 is 2.09 bits per heavy atom. The van der Waals surface area contributed by atoms with Gasteiger partial charge in [0.05, 0.1) is 17.0 Å². The van der Waals surface area contributed by atoms with Gasteiger partial charge < -0.3 is 10.3 Å². The van der Waals surface area contributed by atoms with E-state index in [0.717, 1.165) is 32.5 Å². The Labute approximate surface area is 200 Å². The summed E-state index contributed by atoms with van der Waals surface area (Å²) in [7, 11) is 3.08. The second-order valence-electron chi connectivity index (χ2n) is 8.80. The van der Waals surface area contributed by atoms with E-state index in [1.54, 1.807) is 7.05 Å². The molecule has 0 unspecified atom stereocenters. The third kappa shape index (κ3) is 3.09. The van der Waals surface area contributed by atoms with E-state index in [2.05, 4.69) is 10.3 Å². The van der Waals surface area contributed by atoms with Crippen molar-refractivity contribution in [2.45, 2.75) is 5.92 Å². The van der Waals surface area contributed by atoms with Crippen LogP contribution in [0, 0.1) is 0 Å². The molecule has 35 heavy (non-hydrogen) atoms. The fourth-order valence-electron chi connectivity index (χ4n) is 5.02. The van der Waals surface area contributed by atoms with Gasteiger partial charge in [-0.1, -0.05) is 72.8 Å². The third-order valence-electron chi connectivity index (χ3n) is 6.81. The summed E-state index contributed by atoms with van der Waals surface area (Å²) >= 11 is 0. The van der Waals surface area contributed by atoms with E-state index >= 15 is 0 Å². The van der Waals surface area contributed by atoms with E-state index in [9.17, 15) is 14.4 Å². The molecule has 0 aliphatic carbocycles. The molecule has 0 saturated heterocycles. The van der Waals surface area contributed by atoms with Crippen molar-refractivity contribution < 1.29 is 4.79 Å². The van der Waals surface area contributed by atoms with Crippen LogP contribution in [0.2, 0.25) is 0 Å². The van der Waals surface area contributed by atoms with Crippen molar-refractivity contribution in [2.24, 2.45) is 14.1 Å². The third-order valence-corrected chi connectivity index (χ3v) is 6.81. The molecule has 0 spiro atoms. The molecule has 7 nitrogen and oxygen atoms in total. The Balaban J connectivity index is 1.64. The van der Waals surface area contributed by atoms with Gasteiger partial charge in [0, 0.05) is 25.3 Å². The van der Waals surface area contributed by atoms with Crippen LogP contribution in [0.15, 0.2) is 88.5 Å². The van der Waals surface area contributed by atoms with Gasteiger partial charge in [0.15, 0.2) is 0 Å². The highest BCUT2D eigenvalue weighted by Crippen LogP contribution is 2.43. The molecule has 0 fully saturated rings. The number of aromatic amines is 1. The number of para-hydroxylation sites is 1. The normalized spacial score (nSPS) is 14.8. The standard InChI is InChI=1S/C28H22N4O3/c1-31-25-23(27(34)32(2)28(31)35)22(21-19-10-6-7-11-20(19)29-26(21)33)24(30-25)18-14-12-17(13-15-18)16-8-4-3-5-9-16/h3-15,21,30H,1-2H3,(H,29,33)/t21-/m0/s1. The van der Waals surface area contributed by atoms with Crippen LogP contribution >= 0.6 is 0 Å². The Kier molecular flexibility index (Phi) is 4.60. The highest BCUT2D eigenvalue weighted by atomic mass is 16.2. The molecule has 1 aliphatic heterocycles. The van der Waals surface area contributed by atoms with Gasteiger partial charge in [0.25, 0.3) is 5.56 Å². The molecule has 3 aromatic carbocycles. The SMILES string of the molecule is Cn1c(=O)c2c([C@H]3C(=O)Nc4ccccc43)c(-c3ccc(-c4ccccc4)cc3)[nH]c2n(C)c1=O.